The molecule has 1 aliphatic heterocycles. The number of thioether (sulfide) groups is 1. The van der Waals surface area contributed by atoms with E-state index in [0.717, 1.165) is 22.2 Å². The maximum absolute atomic E-state index is 13.4. The van der Waals surface area contributed by atoms with Crippen LogP contribution in [0, 0.1) is 12.3 Å². The second-order valence-corrected chi connectivity index (χ2v) is 11.7. The highest BCUT2D eigenvalue weighted by molar-refractivity contribution is 9.10. The van der Waals surface area contributed by atoms with Gasteiger partial charge in [-0.2, -0.15) is 0 Å². The first-order valence-corrected chi connectivity index (χ1v) is 13.1. The summed E-state index contributed by atoms with van der Waals surface area (Å²) in [7, 11) is 0. The number of carbonyl (C=O) groups is 1. The molecule has 1 aromatic heterocycles. The van der Waals surface area contributed by atoms with Crippen LogP contribution in [-0.4, -0.2) is 15.8 Å². The minimum absolute atomic E-state index is 0.0923. The van der Waals surface area contributed by atoms with Gasteiger partial charge in [0.25, 0.3) is 5.56 Å². The molecule has 0 amide bonds. The molecule has 34 heavy (non-hydrogen) atoms. The standard InChI is InChI=1S/C27H26BrN3O2S/c1-15-6-4-5-7-17(15)14-34-26-30-24-23(25(33)31-26)21(16-8-10-18(28)11-9-16)22-19(29-24)12-27(2,3)13-20(22)32/h4-11,21H,12-14H2,1-3H3,(H2,29,30,31,33)/t21-/m1/s1. The summed E-state index contributed by atoms with van der Waals surface area (Å²) >= 11 is 5.00. The van der Waals surface area contributed by atoms with Gasteiger partial charge in [0.1, 0.15) is 5.82 Å². The van der Waals surface area contributed by atoms with Crippen LogP contribution in [0.5, 0.6) is 0 Å². The van der Waals surface area contributed by atoms with Crippen molar-refractivity contribution in [2.24, 2.45) is 5.41 Å². The van der Waals surface area contributed by atoms with Crippen molar-refractivity contribution in [3.05, 3.63) is 96.9 Å². The Kier molecular flexibility index (Phi) is 6.02. The summed E-state index contributed by atoms with van der Waals surface area (Å²) < 4.78 is 0.950. The SMILES string of the molecule is Cc1ccccc1CSc1nc2c(c(=O)[nH]1)[C@H](c1ccc(Br)cc1)C1=C(CC(C)(C)CC1=O)N2. The van der Waals surface area contributed by atoms with Crippen molar-refractivity contribution >= 4 is 39.3 Å². The Morgan fingerprint density at radius 3 is 2.56 bits per heavy atom. The fourth-order valence-electron chi connectivity index (χ4n) is 4.87. The zero-order valence-electron chi connectivity index (χ0n) is 19.4. The van der Waals surface area contributed by atoms with E-state index in [1.165, 1.54) is 22.9 Å². The lowest BCUT2D eigenvalue weighted by Crippen LogP contribution is -2.37. The summed E-state index contributed by atoms with van der Waals surface area (Å²) in [4.78, 5) is 34.6. The molecule has 0 saturated heterocycles. The summed E-state index contributed by atoms with van der Waals surface area (Å²) in [5.41, 5.74) is 5.07. The number of ketones is 1. The van der Waals surface area contributed by atoms with E-state index in [9.17, 15) is 9.59 Å². The summed E-state index contributed by atoms with van der Waals surface area (Å²) in [5, 5.41) is 3.96. The molecule has 0 radical (unpaired) electrons. The average Bonchev–Trinajstić information content (AvgIpc) is 2.77. The van der Waals surface area contributed by atoms with Gasteiger partial charge in [0.15, 0.2) is 10.9 Å². The molecular weight excluding hydrogens is 510 g/mol. The van der Waals surface area contributed by atoms with Crippen molar-refractivity contribution in [2.75, 3.05) is 5.32 Å². The molecule has 7 heteroatoms. The van der Waals surface area contributed by atoms with Gasteiger partial charge in [-0.1, -0.05) is 77.9 Å². The number of rotatable bonds is 4. The summed E-state index contributed by atoms with van der Waals surface area (Å²) in [6.45, 7) is 6.30. The van der Waals surface area contributed by atoms with Gasteiger partial charge in [-0.25, -0.2) is 4.98 Å². The topological polar surface area (TPSA) is 74.8 Å². The van der Waals surface area contributed by atoms with Crippen LogP contribution in [0.15, 0.2) is 74.2 Å². The van der Waals surface area contributed by atoms with E-state index in [1.54, 1.807) is 0 Å². The fraction of sp³-hybridized carbons (Fsp3) is 0.296. The predicted molar refractivity (Wildman–Crippen MR) is 140 cm³/mol. The average molecular weight is 536 g/mol. The third kappa shape index (κ3) is 4.39. The van der Waals surface area contributed by atoms with Crippen molar-refractivity contribution in [3.63, 3.8) is 0 Å². The van der Waals surface area contributed by atoms with Crippen LogP contribution < -0.4 is 10.9 Å². The van der Waals surface area contributed by atoms with Crippen molar-refractivity contribution in [1.29, 1.82) is 0 Å². The molecule has 0 spiro atoms. The molecule has 0 saturated carbocycles. The number of anilines is 1. The molecule has 2 heterocycles. The number of aromatic nitrogens is 2. The minimum Gasteiger partial charge on any atom is -0.343 e. The van der Waals surface area contributed by atoms with Gasteiger partial charge in [-0.05, 0) is 47.6 Å². The van der Waals surface area contributed by atoms with Crippen molar-refractivity contribution < 1.29 is 4.79 Å². The number of hydrogen-bond donors (Lipinski definition) is 2. The minimum atomic E-state index is -0.436. The van der Waals surface area contributed by atoms with E-state index < -0.39 is 5.92 Å². The number of allylic oxidation sites excluding steroid dienone is 2. The summed E-state index contributed by atoms with van der Waals surface area (Å²) in [5.74, 6) is 0.918. The molecule has 3 aromatic rings. The largest absolute Gasteiger partial charge is 0.343 e. The van der Waals surface area contributed by atoms with E-state index in [2.05, 4.69) is 59.1 Å². The maximum Gasteiger partial charge on any atom is 0.257 e. The van der Waals surface area contributed by atoms with Crippen LogP contribution in [0.3, 0.4) is 0 Å². The second kappa shape index (κ2) is 8.86. The summed E-state index contributed by atoms with van der Waals surface area (Å²) in [6.07, 6.45) is 1.20. The summed E-state index contributed by atoms with van der Waals surface area (Å²) in [6, 6.07) is 16.1. The monoisotopic (exact) mass is 535 g/mol. The maximum atomic E-state index is 13.4. The molecular formula is C27H26BrN3O2S. The Bertz CT molecular complexity index is 1380. The number of H-pyrrole nitrogens is 1. The number of benzene rings is 2. The first kappa shape index (κ1) is 23.1. The first-order valence-electron chi connectivity index (χ1n) is 11.3. The number of carbonyl (C=O) groups excluding carboxylic acids is 1. The van der Waals surface area contributed by atoms with Crippen LogP contribution in [0.4, 0.5) is 5.82 Å². The van der Waals surface area contributed by atoms with Gasteiger partial charge in [0.2, 0.25) is 0 Å². The molecule has 5 rings (SSSR count). The van der Waals surface area contributed by atoms with Crippen LogP contribution in [0.2, 0.25) is 0 Å². The normalized spacial score (nSPS) is 18.8. The number of aryl methyl sites for hydroxylation is 1. The highest BCUT2D eigenvalue weighted by atomic mass is 79.9. The molecule has 2 N–H and O–H groups in total. The number of halogens is 1. The van der Waals surface area contributed by atoms with E-state index in [1.807, 2.05) is 36.4 Å². The number of fused-ring (bicyclic) bond motifs is 1. The van der Waals surface area contributed by atoms with Crippen LogP contribution in [0.25, 0.3) is 0 Å². The Balaban J connectivity index is 1.59. The molecule has 0 bridgehead atoms. The zero-order valence-corrected chi connectivity index (χ0v) is 21.8. The fourth-order valence-corrected chi connectivity index (χ4v) is 6.07. The molecule has 5 nitrogen and oxygen atoms in total. The van der Waals surface area contributed by atoms with Gasteiger partial charge in [0, 0.05) is 33.8 Å². The van der Waals surface area contributed by atoms with Crippen molar-refractivity contribution in [3.8, 4) is 0 Å². The van der Waals surface area contributed by atoms with Gasteiger partial charge >= 0.3 is 0 Å². The van der Waals surface area contributed by atoms with Crippen LogP contribution in [0.1, 0.15) is 54.9 Å². The van der Waals surface area contributed by atoms with E-state index in [-0.39, 0.29) is 16.8 Å². The van der Waals surface area contributed by atoms with Crippen molar-refractivity contribution in [1.82, 2.24) is 9.97 Å². The molecule has 1 aliphatic carbocycles. The Morgan fingerprint density at radius 1 is 1.09 bits per heavy atom. The lowest BCUT2D eigenvalue weighted by atomic mass is 9.69. The number of hydrogen-bond acceptors (Lipinski definition) is 5. The van der Waals surface area contributed by atoms with E-state index in [0.29, 0.717) is 34.3 Å². The third-order valence-corrected chi connectivity index (χ3v) is 7.98. The smallest absolute Gasteiger partial charge is 0.257 e. The number of nitrogens with one attached hydrogen (secondary N) is 2. The molecule has 2 aromatic carbocycles. The lowest BCUT2D eigenvalue weighted by molar-refractivity contribution is -0.118. The van der Waals surface area contributed by atoms with E-state index >= 15 is 0 Å². The predicted octanol–water partition coefficient (Wildman–Crippen LogP) is 6.33. The van der Waals surface area contributed by atoms with Gasteiger partial charge < -0.3 is 10.3 Å². The highest BCUT2D eigenvalue weighted by Crippen LogP contribution is 2.47. The number of aromatic amines is 1. The molecule has 2 aliphatic rings. The first-order chi connectivity index (χ1) is 16.2. The van der Waals surface area contributed by atoms with E-state index in [4.69, 9.17) is 4.98 Å². The van der Waals surface area contributed by atoms with Crippen LogP contribution in [-0.2, 0) is 10.5 Å². The Hall–Kier alpha value is -2.64. The van der Waals surface area contributed by atoms with Gasteiger partial charge in [-0.3, -0.25) is 9.59 Å². The third-order valence-electron chi connectivity index (χ3n) is 6.53. The molecule has 0 fully saturated rings. The Morgan fingerprint density at radius 2 is 1.82 bits per heavy atom. The van der Waals surface area contributed by atoms with Crippen molar-refractivity contribution in [2.45, 2.75) is 50.4 Å². The number of nitrogens with zero attached hydrogens (tertiary/aromatic N) is 1. The second-order valence-electron chi connectivity index (χ2n) is 9.79. The molecule has 0 unspecified atom stereocenters. The number of Topliss-reactive ketones (excluding diaryl/α,β-unsaturated/α-hetero) is 1. The van der Waals surface area contributed by atoms with Gasteiger partial charge in [0.05, 0.1) is 5.56 Å². The van der Waals surface area contributed by atoms with Gasteiger partial charge in [-0.15, -0.1) is 0 Å². The molecule has 1 atom stereocenters. The quantitative estimate of drug-likeness (QED) is 0.301. The molecule has 174 valence electrons. The van der Waals surface area contributed by atoms with Crippen LogP contribution >= 0.6 is 27.7 Å². The lowest BCUT2D eigenvalue weighted by Gasteiger charge is -2.38. The zero-order chi connectivity index (χ0) is 24.0. The Labute approximate surface area is 211 Å². The highest BCUT2D eigenvalue weighted by Gasteiger charge is 2.42.